The molecule has 0 aliphatic carbocycles. The molecule has 1 atom stereocenters. The van der Waals surface area contributed by atoms with Crippen LogP contribution >= 0.6 is 0 Å². The molecule has 1 aliphatic heterocycles. The molecule has 0 radical (unpaired) electrons. The Kier molecular flexibility index (Phi) is 19.3. The summed E-state index contributed by atoms with van der Waals surface area (Å²) < 4.78 is 0. The molecule has 16 heteroatoms. The molecule has 1 amide bonds. The fraction of sp³-hybridized carbons (Fsp3) is 0.773. The molecular weight excluding hydrogens is 582 g/mol. The summed E-state index contributed by atoms with van der Waals surface area (Å²) >= 11 is 0. The van der Waals surface area contributed by atoms with E-state index in [1.54, 1.807) is 19.6 Å². The summed E-state index contributed by atoms with van der Waals surface area (Å²) in [5, 5.41) is 45.1. The Morgan fingerprint density at radius 1 is 0.684 bits per heavy atom. The van der Waals surface area contributed by atoms with Crippen LogP contribution in [0.4, 0.5) is 0 Å². The normalized spacial score (nSPS) is 17.8. The van der Waals surface area contributed by atoms with Crippen molar-refractivity contribution in [1.29, 1.82) is 0 Å². The fourth-order valence-corrected chi connectivity index (χ4v) is 3.86. The van der Waals surface area contributed by atoms with Gasteiger partial charge in [0.2, 0.25) is 5.91 Å². The number of unbranched alkanes of at least 4 members (excludes halogenated alkanes) is 1. The van der Waals surface area contributed by atoms with Gasteiger partial charge in [-0.05, 0) is 19.3 Å². The third-order valence-corrected chi connectivity index (χ3v) is 5.94. The molecule has 1 fully saturated rings. The van der Waals surface area contributed by atoms with Gasteiger partial charge in [0.05, 0.1) is 24.5 Å². The minimum atomic E-state index is -1.30. The van der Waals surface area contributed by atoms with Crippen molar-refractivity contribution in [2.45, 2.75) is 25.3 Å². The standard InChI is InChI=1S/C22H40N6O9.Y/c23-17(22(36)37)3-1-2-4-24-18(29)13-25-5-7-26(14-19(30)31)9-11-28(16-21(34)35)12-10-27(8-6-25)15-20(32)33;/h17H,1-16,23H2,(H,24,29)(H,30,31)(H,32,33)(H,34,35)(H,36,37);/q;+3/p-3/t17-;/m0./s1/i;1+1. The molecule has 4 N–H and O–H groups in total. The van der Waals surface area contributed by atoms with Crippen LogP contribution in [0.1, 0.15) is 19.3 Å². The van der Waals surface area contributed by atoms with Crippen LogP contribution in [0.2, 0.25) is 0 Å². The zero-order valence-corrected chi connectivity index (χ0v) is 24.4. The van der Waals surface area contributed by atoms with Gasteiger partial charge in [-0.2, -0.15) is 0 Å². The van der Waals surface area contributed by atoms with Crippen molar-refractivity contribution in [3.63, 3.8) is 0 Å². The van der Waals surface area contributed by atoms with Crippen molar-refractivity contribution in [1.82, 2.24) is 24.9 Å². The summed E-state index contributed by atoms with van der Waals surface area (Å²) in [6.45, 7) is 1.20. The van der Waals surface area contributed by atoms with Crippen LogP contribution in [0.3, 0.4) is 0 Å². The second kappa shape index (κ2) is 20.2. The quantitative estimate of drug-likeness (QED) is 0.154. The number of amides is 1. The Bertz CT molecular complexity index is 744. The molecule has 1 heterocycles. The van der Waals surface area contributed by atoms with Gasteiger partial charge < -0.3 is 45.9 Å². The number of aliphatic carboxylic acids is 4. The largest absolute Gasteiger partial charge is 3.00 e. The van der Waals surface area contributed by atoms with Crippen LogP contribution in [0, 0.1) is 0 Å². The Labute approximate surface area is 247 Å². The van der Waals surface area contributed by atoms with Gasteiger partial charge in [0.25, 0.3) is 0 Å². The van der Waals surface area contributed by atoms with E-state index in [0.717, 1.165) is 0 Å². The molecular formula is C22H37N6O9Y. The van der Waals surface area contributed by atoms with Crippen molar-refractivity contribution in [3.8, 4) is 0 Å². The Balaban J connectivity index is 0.0000137. The summed E-state index contributed by atoms with van der Waals surface area (Å²) in [5.41, 5.74) is 5.45. The van der Waals surface area contributed by atoms with Crippen LogP contribution in [-0.2, 0) is 56.7 Å². The Morgan fingerprint density at radius 2 is 1.03 bits per heavy atom. The van der Waals surface area contributed by atoms with Gasteiger partial charge in [0, 0.05) is 78.5 Å². The maximum Gasteiger partial charge on any atom is 3.00 e. The number of nitrogens with one attached hydrogen (secondary N) is 1. The van der Waals surface area contributed by atoms with E-state index in [1.807, 2.05) is 0 Å². The minimum absolute atomic E-state index is 0. The Morgan fingerprint density at radius 3 is 1.34 bits per heavy atom. The Hall–Kier alpha value is -1.75. The van der Waals surface area contributed by atoms with E-state index in [4.69, 9.17) is 10.8 Å². The van der Waals surface area contributed by atoms with Crippen LogP contribution < -0.4 is 26.4 Å². The molecule has 1 aliphatic rings. The summed E-state index contributed by atoms with van der Waals surface area (Å²) in [5.74, 6) is -5.23. The number of rotatable bonds is 14. The van der Waals surface area contributed by atoms with E-state index in [-0.39, 0.29) is 104 Å². The van der Waals surface area contributed by atoms with E-state index in [0.29, 0.717) is 38.9 Å². The topological polar surface area (TPSA) is 226 Å². The number of carbonyl (C=O) groups is 5. The summed E-state index contributed by atoms with van der Waals surface area (Å²) in [7, 11) is 0. The SMILES string of the molecule is N[C@@H](CCCCNC(=O)CN1CCN(CC(=O)[O-])CCN(CC(=O)[O-])CCN(CC(=O)[O-])CC1)C(=O)O.[90Y+3]. The molecule has 15 nitrogen and oxygen atoms in total. The van der Waals surface area contributed by atoms with Crippen molar-refractivity contribution in [2.24, 2.45) is 5.73 Å². The fourth-order valence-electron chi connectivity index (χ4n) is 3.86. The van der Waals surface area contributed by atoms with Gasteiger partial charge >= 0.3 is 38.7 Å². The number of carboxylic acid groups (broad SMARTS) is 4. The average molecular weight is 619 g/mol. The third-order valence-electron chi connectivity index (χ3n) is 5.94. The van der Waals surface area contributed by atoms with Gasteiger partial charge in [0.1, 0.15) is 6.04 Å². The molecule has 0 spiro atoms. The number of nitrogens with two attached hydrogens (primary N) is 1. The number of carbonyl (C=O) groups excluding carboxylic acids is 4. The van der Waals surface area contributed by atoms with Crippen LogP contribution in [-0.4, -0.2) is 146 Å². The molecule has 0 unspecified atom stereocenters. The first-order valence-electron chi connectivity index (χ1n) is 12.2. The molecule has 212 valence electrons. The second-order valence-electron chi connectivity index (χ2n) is 9.01. The van der Waals surface area contributed by atoms with Gasteiger partial charge in [-0.25, -0.2) is 0 Å². The molecule has 1 saturated heterocycles. The summed E-state index contributed by atoms with van der Waals surface area (Å²) in [4.78, 5) is 63.3. The third kappa shape index (κ3) is 17.7. The van der Waals surface area contributed by atoms with E-state index in [9.17, 15) is 39.3 Å². The predicted molar refractivity (Wildman–Crippen MR) is 123 cm³/mol. The first kappa shape index (κ1) is 36.3. The smallest absolute Gasteiger partial charge is 0.549 e. The number of hydrogen-bond acceptors (Lipinski definition) is 13. The maximum absolute atomic E-state index is 12.5. The predicted octanol–water partition coefficient (Wildman–Crippen LogP) is -6.85. The number of hydrogen-bond donors (Lipinski definition) is 3. The van der Waals surface area contributed by atoms with E-state index >= 15 is 0 Å². The molecule has 0 aromatic rings. The van der Waals surface area contributed by atoms with Crippen molar-refractivity contribution in [2.75, 3.05) is 85.1 Å². The van der Waals surface area contributed by atoms with E-state index in [2.05, 4.69) is 5.32 Å². The zero-order valence-electron chi connectivity index (χ0n) is 21.5. The van der Waals surface area contributed by atoms with Crippen molar-refractivity contribution < 1.29 is 77.1 Å². The second-order valence-corrected chi connectivity index (χ2v) is 9.01. The van der Waals surface area contributed by atoms with Crippen LogP contribution in [0.5, 0.6) is 0 Å². The van der Waals surface area contributed by atoms with Crippen molar-refractivity contribution >= 4 is 29.8 Å². The van der Waals surface area contributed by atoms with Crippen LogP contribution in [0.15, 0.2) is 0 Å². The zero-order chi connectivity index (χ0) is 27.8. The summed E-state index contributed by atoms with van der Waals surface area (Å²) in [6, 6.07) is -0.946. The van der Waals surface area contributed by atoms with Gasteiger partial charge in [0.15, 0.2) is 0 Å². The van der Waals surface area contributed by atoms with Crippen LogP contribution in [0.25, 0.3) is 0 Å². The molecule has 0 saturated carbocycles. The summed E-state index contributed by atoms with van der Waals surface area (Å²) in [6.07, 6.45) is 1.37. The first-order chi connectivity index (χ1) is 17.5. The first-order valence-corrected chi connectivity index (χ1v) is 12.2. The van der Waals surface area contributed by atoms with Gasteiger partial charge in [-0.1, -0.05) is 0 Å². The molecule has 1 rings (SSSR count). The van der Waals surface area contributed by atoms with Crippen molar-refractivity contribution in [3.05, 3.63) is 0 Å². The number of nitrogens with zero attached hydrogens (tertiary/aromatic N) is 4. The minimum Gasteiger partial charge on any atom is -0.549 e. The van der Waals surface area contributed by atoms with E-state index < -0.39 is 29.9 Å². The molecule has 0 aromatic carbocycles. The van der Waals surface area contributed by atoms with Gasteiger partial charge in [-0.3, -0.25) is 29.2 Å². The van der Waals surface area contributed by atoms with E-state index in [1.165, 1.54) is 0 Å². The molecule has 0 bridgehead atoms. The maximum atomic E-state index is 12.5. The molecule has 0 aromatic heterocycles. The molecule has 38 heavy (non-hydrogen) atoms. The van der Waals surface area contributed by atoms with Gasteiger partial charge in [-0.15, -0.1) is 0 Å². The number of carboxylic acids is 4. The average Bonchev–Trinajstić information content (AvgIpc) is 2.79. The monoisotopic (exact) mass is 619 g/mol.